The Labute approximate surface area is 216 Å². The third-order valence-electron chi connectivity index (χ3n) is 6.79. The summed E-state index contributed by atoms with van der Waals surface area (Å²) in [5.41, 5.74) is 7.89. The van der Waals surface area contributed by atoms with Crippen LogP contribution in [0.3, 0.4) is 0 Å². The first kappa shape index (κ1) is 29.5. The van der Waals surface area contributed by atoms with Crippen LogP contribution in [0.4, 0.5) is 0 Å². The van der Waals surface area contributed by atoms with Gasteiger partial charge < -0.3 is 20.3 Å². The number of carbonyl (C=O) groups is 1. The summed E-state index contributed by atoms with van der Waals surface area (Å²) >= 11 is 0. The van der Waals surface area contributed by atoms with Crippen molar-refractivity contribution in [1.29, 1.82) is 0 Å². The number of nitrogens with one attached hydrogen (secondary N) is 2. The van der Waals surface area contributed by atoms with E-state index in [1.165, 1.54) is 11.1 Å². The zero-order chi connectivity index (χ0) is 26.8. The predicted octanol–water partition coefficient (Wildman–Crippen LogP) is 3.03. The molecule has 1 amide bonds. The van der Waals surface area contributed by atoms with Crippen molar-refractivity contribution in [1.82, 2.24) is 15.2 Å². The van der Waals surface area contributed by atoms with E-state index in [1.807, 2.05) is 14.0 Å². The first-order valence-corrected chi connectivity index (χ1v) is 13.1. The number of hydrogen-bond acceptors (Lipinski definition) is 5. The topological polar surface area (TPSA) is 93.1 Å². The summed E-state index contributed by atoms with van der Waals surface area (Å²) in [6.45, 7) is 13.8. The number of rotatable bonds is 12. The lowest BCUT2D eigenvalue weighted by Gasteiger charge is -2.15. The van der Waals surface area contributed by atoms with E-state index in [9.17, 15) is 4.79 Å². The molecule has 0 radical (unpaired) electrons. The van der Waals surface area contributed by atoms with Crippen LogP contribution in [-0.4, -0.2) is 72.2 Å². The first-order valence-electron chi connectivity index (χ1n) is 13.1. The van der Waals surface area contributed by atoms with Crippen LogP contribution in [0, 0.1) is 6.92 Å². The summed E-state index contributed by atoms with van der Waals surface area (Å²) in [5, 5.41) is 14.4. The van der Waals surface area contributed by atoms with Gasteiger partial charge in [-0.15, -0.1) is 0 Å². The maximum atomic E-state index is 12.2. The number of H-pyrrole nitrogens is 1. The van der Waals surface area contributed by atoms with Crippen LogP contribution in [0.5, 0.6) is 0 Å². The lowest BCUT2D eigenvalue weighted by atomic mass is 10.0. The number of aliphatic hydroxyl groups is 1. The molecule has 36 heavy (non-hydrogen) atoms. The lowest BCUT2D eigenvalue weighted by Crippen LogP contribution is -2.29. The number of aromatic amines is 1. The van der Waals surface area contributed by atoms with Gasteiger partial charge in [-0.2, -0.15) is 0 Å². The number of aryl methyl sites for hydroxylation is 1. The molecule has 2 heterocycles. The molecule has 1 aromatic heterocycles. The molecule has 0 spiro atoms. The van der Waals surface area contributed by atoms with E-state index in [0.29, 0.717) is 19.5 Å². The van der Waals surface area contributed by atoms with Gasteiger partial charge >= 0.3 is 0 Å². The minimum atomic E-state index is -0.0165. The second-order valence-corrected chi connectivity index (χ2v) is 9.45. The van der Waals surface area contributed by atoms with Gasteiger partial charge in [-0.1, -0.05) is 6.92 Å². The molecular weight excluding hydrogens is 450 g/mol. The number of carbonyl (C=O) groups excluding carboxylic acids is 1. The maximum Gasteiger partial charge on any atom is 0.222 e. The van der Waals surface area contributed by atoms with Crippen LogP contribution in [0.2, 0.25) is 0 Å². The zero-order valence-corrected chi connectivity index (χ0v) is 23.5. The van der Waals surface area contributed by atoms with Crippen LogP contribution in [-0.2, 0) is 4.79 Å². The van der Waals surface area contributed by atoms with Crippen LogP contribution in [0.25, 0.3) is 11.6 Å². The average Bonchev–Trinajstić information content (AvgIpc) is 3.36. The van der Waals surface area contributed by atoms with Gasteiger partial charge in [-0.3, -0.25) is 9.79 Å². The number of aliphatic imine (C=N–C) groups is 2. The molecular formula is C29H45N5O2. The number of amides is 1. The Bertz CT molecular complexity index is 1170. The first-order chi connectivity index (χ1) is 17.2. The molecule has 198 valence electrons. The number of allylic oxidation sites excluding steroid dienone is 2. The van der Waals surface area contributed by atoms with Crippen LogP contribution >= 0.6 is 0 Å². The van der Waals surface area contributed by atoms with Crippen molar-refractivity contribution in [3.63, 3.8) is 0 Å². The molecule has 0 saturated carbocycles. The second kappa shape index (κ2) is 14.1. The standard InChI is InChI=1S/C29H45N5O2/c1-9-23-21(5)27(17-20(4)30-7)33-28(23)18-25-19(3)16-26(32-25)22(6)24(31-10-2)12-11-13-29(36)34(8)14-15-35/h16-18,20,30,32,35H,9-15H2,1-8H3/b25-18-,26-22-,27-17-,31-24+. The van der Waals surface area contributed by atoms with E-state index in [-0.39, 0.29) is 18.6 Å². The van der Waals surface area contributed by atoms with Crippen molar-refractivity contribution in [3.05, 3.63) is 45.2 Å². The van der Waals surface area contributed by atoms with Gasteiger partial charge in [-0.05, 0) is 101 Å². The molecule has 3 N–H and O–H groups in total. The predicted molar refractivity (Wildman–Crippen MR) is 152 cm³/mol. The van der Waals surface area contributed by atoms with Crippen molar-refractivity contribution >= 4 is 29.0 Å². The van der Waals surface area contributed by atoms with Crippen molar-refractivity contribution in [2.75, 3.05) is 33.8 Å². The minimum absolute atomic E-state index is 0.0165. The second-order valence-electron chi connectivity index (χ2n) is 9.45. The number of aliphatic hydroxyl groups excluding tert-OH is 1. The summed E-state index contributed by atoms with van der Waals surface area (Å²) in [6, 6.07) is 2.43. The summed E-state index contributed by atoms with van der Waals surface area (Å²) < 4.78 is 0. The highest BCUT2D eigenvalue weighted by atomic mass is 16.3. The summed E-state index contributed by atoms with van der Waals surface area (Å²) in [7, 11) is 3.69. The average molecular weight is 496 g/mol. The fourth-order valence-corrected chi connectivity index (χ4v) is 4.34. The smallest absolute Gasteiger partial charge is 0.222 e. The SMILES string of the molecule is CC/N=C(CCCC(=O)N(C)CCO)/C(C)=c1/cc(C)/c(=C/C2=NC(=C\C(C)NC)/C(C)=C2CC)[nH]1. The molecule has 0 aliphatic carbocycles. The fourth-order valence-electron chi connectivity index (χ4n) is 4.34. The van der Waals surface area contributed by atoms with E-state index in [1.54, 1.807) is 11.9 Å². The molecule has 7 heteroatoms. The Kier molecular flexibility index (Phi) is 11.5. The van der Waals surface area contributed by atoms with Crippen molar-refractivity contribution in [2.45, 2.75) is 73.3 Å². The highest BCUT2D eigenvalue weighted by Crippen LogP contribution is 2.28. The quantitative estimate of drug-likeness (QED) is 0.389. The molecule has 0 aromatic carbocycles. The van der Waals surface area contributed by atoms with Gasteiger partial charge in [-0.25, -0.2) is 4.99 Å². The zero-order valence-electron chi connectivity index (χ0n) is 23.5. The van der Waals surface area contributed by atoms with Gasteiger partial charge in [0.2, 0.25) is 5.91 Å². The van der Waals surface area contributed by atoms with Gasteiger partial charge in [0.15, 0.2) is 0 Å². The van der Waals surface area contributed by atoms with Gasteiger partial charge in [0, 0.05) is 49.0 Å². The number of likely N-dealkylation sites (N-methyl/N-ethyl adjacent to an activating group) is 2. The van der Waals surface area contributed by atoms with Gasteiger partial charge in [0.25, 0.3) is 0 Å². The highest BCUT2D eigenvalue weighted by molar-refractivity contribution is 6.23. The van der Waals surface area contributed by atoms with Crippen molar-refractivity contribution in [2.24, 2.45) is 9.98 Å². The Morgan fingerprint density at radius 2 is 2.03 bits per heavy atom. The molecule has 7 nitrogen and oxygen atoms in total. The Balaban J connectivity index is 2.35. The molecule has 0 bridgehead atoms. The van der Waals surface area contributed by atoms with Crippen molar-refractivity contribution in [3.8, 4) is 0 Å². The van der Waals surface area contributed by atoms with Crippen LogP contribution in [0.1, 0.15) is 65.9 Å². The molecule has 1 aliphatic rings. The maximum absolute atomic E-state index is 12.2. The van der Waals surface area contributed by atoms with Gasteiger partial charge in [0.05, 0.1) is 18.0 Å². The summed E-state index contributed by atoms with van der Waals surface area (Å²) in [6.07, 6.45) is 7.18. The molecule has 2 rings (SSSR count). The largest absolute Gasteiger partial charge is 0.395 e. The number of nitrogens with zero attached hydrogens (tertiary/aromatic N) is 3. The third kappa shape index (κ3) is 7.61. The minimum Gasteiger partial charge on any atom is -0.395 e. The molecule has 1 aromatic rings. The Morgan fingerprint density at radius 1 is 1.31 bits per heavy atom. The monoisotopic (exact) mass is 495 g/mol. The van der Waals surface area contributed by atoms with E-state index in [2.05, 4.69) is 63.1 Å². The summed E-state index contributed by atoms with van der Waals surface area (Å²) in [4.78, 5) is 27.1. The lowest BCUT2D eigenvalue weighted by molar-refractivity contribution is -0.130. The third-order valence-corrected chi connectivity index (χ3v) is 6.79. The number of aromatic nitrogens is 1. The van der Waals surface area contributed by atoms with Crippen molar-refractivity contribution < 1.29 is 9.90 Å². The molecule has 1 unspecified atom stereocenters. The molecule has 1 aliphatic heterocycles. The molecule has 0 saturated heterocycles. The van der Waals surface area contributed by atoms with Crippen LogP contribution < -0.4 is 16.0 Å². The fraction of sp³-hybridized carbons (Fsp3) is 0.552. The van der Waals surface area contributed by atoms with Gasteiger partial charge in [0.1, 0.15) is 0 Å². The van der Waals surface area contributed by atoms with Crippen LogP contribution in [0.15, 0.2) is 39.0 Å². The molecule has 0 fully saturated rings. The van der Waals surface area contributed by atoms with E-state index >= 15 is 0 Å². The van der Waals surface area contributed by atoms with E-state index in [0.717, 1.165) is 58.2 Å². The Hall–Kier alpha value is -2.77. The van der Waals surface area contributed by atoms with E-state index < -0.39 is 0 Å². The highest BCUT2D eigenvalue weighted by Gasteiger charge is 2.18. The van der Waals surface area contributed by atoms with E-state index in [4.69, 9.17) is 15.1 Å². The normalized spacial score (nSPS) is 17.7. The summed E-state index contributed by atoms with van der Waals surface area (Å²) in [5.74, 6) is 0.0510. The Morgan fingerprint density at radius 3 is 2.64 bits per heavy atom. The number of hydrogen-bond donors (Lipinski definition) is 3. The molecule has 1 atom stereocenters.